The standard InChI is InChI=1S/C19H18N4O2/c1-23-11-15(16-9-12-3-2-6-20-18(12)22-16)14-5-4-13(10-17(14)23)19(25)21-7-8-24/h2-6,9-11,24H,7-8H2,1H3,(H,20,22)(H,21,25). The number of benzene rings is 1. The number of aromatic amines is 1. The minimum absolute atomic E-state index is 0.0727. The second-order valence-electron chi connectivity index (χ2n) is 5.99. The first-order valence-electron chi connectivity index (χ1n) is 8.09. The zero-order valence-corrected chi connectivity index (χ0v) is 13.8. The molecule has 0 spiro atoms. The number of nitrogens with one attached hydrogen (secondary N) is 2. The van der Waals surface area contributed by atoms with Gasteiger partial charge in [-0.25, -0.2) is 4.98 Å². The Labute approximate surface area is 144 Å². The summed E-state index contributed by atoms with van der Waals surface area (Å²) in [4.78, 5) is 19.8. The van der Waals surface area contributed by atoms with Gasteiger partial charge in [0, 0.05) is 59.1 Å². The summed E-state index contributed by atoms with van der Waals surface area (Å²) in [6.07, 6.45) is 3.81. The number of hydrogen-bond acceptors (Lipinski definition) is 3. The number of nitrogens with zero attached hydrogens (tertiary/aromatic N) is 2. The number of carbonyl (C=O) groups excluding carboxylic acids is 1. The quantitative estimate of drug-likeness (QED) is 0.536. The number of aryl methyl sites for hydroxylation is 1. The number of carbonyl (C=O) groups is 1. The van der Waals surface area contributed by atoms with Crippen LogP contribution in [0.5, 0.6) is 0 Å². The van der Waals surface area contributed by atoms with Crippen LogP contribution < -0.4 is 5.32 Å². The summed E-state index contributed by atoms with van der Waals surface area (Å²) in [7, 11) is 1.96. The molecule has 4 rings (SSSR count). The molecular formula is C19H18N4O2. The highest BCUT2D eigenvalue weighted by molar-refractivity contribution is 6.02. The first-order valence-corrected chi connectivity index (χ1v) is 8.09. The molecule has 0 bridgehead atoms. The molecule has 0 atom stereocenters. The van der Waals surface area contributed by atoms with E-state index in [-0.39, 0.29) is 19.1 Å². The first kappa shape index (κ1) is 15.4. The molecule has 3 N–H and O–H groups in total. The van der Waals surface area contributed by atoms with Crippen molar-refractivity contribution in [2.75, 3.05) is 13.2 Å². The molecule has 0 saturated carbocycles. The van der Waals surface area contributed by atoms with Crippen LogP contribution in [0.15, 0.2) is 48.8 Å². The Morgan fingerprint density at radius 2 is 2.20 bits per heavy atom. The van der Waals surface area contributed by atoms with Crippen LogP contribution >= 0.6 is 0 Å². The van der Waals surface area contributed by atoms with Gasteiger partial charge in [-0.05, 0) is 30.3 Å². The molecule has 25 heavy (non-hydrogen) atoms. The van der Waals surface area contributed by atoms with Crippen LogP contribution in [0.4, 0.5) is 0 Å². The Balaban J connectivity index is 1.79. The molecule has 1 amide bonds. The van der Waals surface area contributed by atoms with E-state index in [1.54, 1.807) is 12.3 Å². The van der Waals surface area contributed by atoms with E-state index in [0.717, 1.165) is 33.2 Å². The van der Waals surface area contributed by atoms with E-state index >= 15 is 0 Å². The first-order chi connectivity index (χ1) is 12.2. The van der Waals surface area contributed by atoms with Crippen molar-refractivity contribution in [3.63, 3.8) is 0 Å². The number of aromatic nitrogens is 3. The normalized spacial score (nSPS) is 11.3. The van der Waals surface area contributed by atoms with Crippen molar-refractivity contribution in [2.24, 2.45) is 7.05 Å². The maximum Gasteiger partial charge on any atom is 0.251 e. The molecule has 0 aliphatic rings. The van der Waals surface area contributed by atoms with Crippen molar-refractivity contribution in [1.82, 2.24) is 19.9 Å². The molecule has 3 heterocycles. The average Bonchev–Trinajstić information content (AvgIpc) is 3.20. The summed E-state index contributed by atoms with van der Waals surface area (Å²) in [6, 6.07) is 11.7. The Hall–Kier alpha value is -3.12. The Kier molecular flexibility index (Phi) is 3.74. The highest BCUT2D eigenvalue weighted by Gasteiger charge is 2.14. The number of pyridine rings is 1. The van der Waals surface area contributed by atoms with E-state index < -0.39 is 0 Å². The van der Waals surface area contributed by atoms with Gasteiger partial charge in [-0.1, -0.05) is 6.07 Å². The molecule has 0 fully saturated rings. The van der Waals surface area contributed by atoms with Crippen LogP contribution in [0.25, 0.3) is 33.2 Å². The number of H-pyrrole nitrogens is 1. The molecular weight excluding hydrogens is 316 g/mol. The van der Waals surface area contributed by atoms with Crippen molar-refractivity contribution >= 4 is 27.8 Å². The van der Waals surface area contributed by atoms with Crippen LogP contribution in [-0.2, 0) is 7.05 Å². The zero-order chi connectivity index (χ0) is 17.4. The van der Waals surface area contributed by atoms with Crippen LogP contribution in [-0.4, -0.2) is 38.7 Å². The van der Waals surface area contributed by atoms with Gasteiger partial charge in [0.15, 0.2) is 0 Å². The van der Waals surface area contributed by atoms with E-state index in [2.05, 4.69) is 21.4 Å². The molecule has 0 unspecified atom stereocenters. The number of aliphatic hydroxyl groups excluding tert-OH is 1. The lowest BCUT2D eigenvalue weighted by Crippen LogP contribution is -2.26. The molecule has 0 saturated heterocycles. The number of aliphatic hydroxyl groups is 1. The van der Waals surface area contributed by atoms with Gasteiger partial charge in [0.1, 0.15) is 5.65 Å². The van der Waals surface area contributed by atoms with Crippen molar-refractivity contribution in [3.05, 3.63) is 54.4 Å². The minimum Gasteiger partial charge on any atom is -0.395 e. The van der Waals surface area contributed by atoms with Gasteiger partial charge in [-0.15, -0.1) is 0 Å². The highest BCUT2D eigenvalue weighted by Crippen LogP contribution is 2.31. The molecule has 0 aliphatic carbocycles. The number of rotatable bonds is 4. The Morgan fingerprint density at radius 1 is 1.32 bits per heavy atom. The fourth-order valence-corrected chi connectivity index (χ4v) is 3.11. The predicted molar refractivity (Wildman–Crippen MR) is 97.4 cm³/mol. The van der Waals surface area contributed by atoms with Crippen molar-refractivity contribution in [3.8, 4) is 11.3 Å². The lowest BCUT2D eigenvalue weighted by molar-refractivity contribution is 0.0945. The number of amides is 1. The van der Waals surface area contributed by atoms with Crippen molar-refractivity contribution in [2.45, 2.75) is 0 Å². The number of fused-ring (bicyclic) bond motifs is 2. The lowest BCUT2D eigenvalue weighted by atomic mass is 10.1. The van der Waals surface area contributed by atoms with E-state index in [0.29, 0.717) is 5.56 Å². The van der Waals surface area contributed by atoms with Gasteiger partial charge < -0.3 is 20.0 Å². The van der Waals surface area contributed by atoms with Gasteiger partial charge in [0.05, 0.1) is 6.61 Å². The maximum atomic E-state index is 12.1. The van der Waals surface area contributed by atoms with Crippen LogP contribution in [0.1, 0.15) is 10.4 Å². The van der Waals surface area contributed by atoms with E-state index in [4.69, 9.17) is 5.11 Å². The van der Waals surface area contributed by atoms with Gasteiger partial charge in [-0.2, -0.15) is 0 Å². The monoisotopic (exact) mass is 334 g/mol. The average molecular weight is 334 g/mol. The molecule has 4 aromatic rings. The third-order valence-electron chi connectivity index (χ3n) is 4.33. The summed E-state index contributed by atoms with van der Waals surface area (Å²) in [6.45, 7) is 0.175. The summed E-state index contributed by atoms with van der Waals surface area (Å²) in [5, 5.41) is 13.6. The molecule has 0 radical (unpaired) electrons. The second kappa shape index (κ2) is 6.07. The van der Waals surface area contributed by atoms with E-state index in [1.165, 1.54) is 0 Å². The van der Waals surface area contributed by atoms with Crippen molar-refractivity contribution < 1.29 is 9.90 Å². The summed E-state index contributed by atoms with van der Waals surface area (Å²) < 4.78 is 2.01. The fraction of sp³-hybridized carbons (Fsp3) is 0.158. The van der Waals surface area contributed by atoms with Gasteiger partial charge in [-0.3, -0.25) is 4.79 Å². The van der Waals surface area contributed by atoms with E-state index in [9.17, 15) is 4.79 Å². The lowest BCUT2D eigenvalue weighted by Gasteiger charge is -2.04. The van der Waals surface area contributed by atoms with Gasteiger partial charge >= 0.3 is 0 Å². The molecule has 3 aromatic heterocycles. The highest BCUT2D eigenvalue weighted by atomic mass is 16.3. The summed E-state index contributed by atoms with van der Waals surface area (Å²) in [5.41, 5.74) is 4.47. The third kappa shape index (κ3) is 2.66. The zero-order valence-electron chi connectivity index (χ0n) is 13.8. The van der Waals surface area contributed by atoms with Crippen molar-refractivity contribution in [1.29, 1.82) is 0 Å². The topological polar surface area (TPSA) is 82.9 Å². The summed E-state index contributed by atoms with van der Waals surface area (Å²) >= 11 is 0. The van der Waals surface area contributed by atoms with Gasteiger partial charge in [0.25, 0.3) is 5.91 Å². The molecule has 126 valence electrons. The Bertz CT molecular complexity index is 1040. The fourth-order valence-electron chi connectivity index (χ4n) is 3.11. The van der Waals surface area contributed by atoms with Crippen LogP contribution in [0, 0.1) is 0 Å². The van der Waals surface area contributed by atoms with E-state index in [1.807, 2.05) is 42.1 Å². The molecule has 6 heteroatoms. The number of hydrogen-bond donors (Lipinski definition) is 3. The summed E-state index contributed by atoms with van der Waals surface area (Å²) in [5.74, 6) is -0.187. The SMILES string of the molecule is Cn1cc(-c2cc3cccnc3[nH]2)c2ccc(C(=O)NCCO)cc21. The molecule has 1 aromatic carbocycles. The Morgan fingerprint density at radius 3 is 3.00 bits per heavy atom. The van der Waals surface area contributed by atoms with Gasteiger partial charge in [0.2, 0.25) is 0 Å². The minimum atomic E-state index is -0.187. The smallest absolute Gasteiger partial charge is 0.251 e. The largest absolute Gasteiger partial charge is 0.395 e. The second-order valence-corrected chi connectivity index (χ2v) is 5.99. The third-order valence-corrected chi connectivity index (χ3v) is 4.33. The van der Waals surface area contributed by atoms with Crippen LogP contribution in [0.2, 0.25) is 0 Å². The molecule has 0 aliphatic heterocycles. The molecule has 6 nitrogen and oxygen atoms in total. The maximum absolute atomic E-state index is 12.1. The van der Waals surface area contributed by atoms with Crippen LogP contribution in [0.3, 0.4) is 0 Å². The predicted octanol–water partition coefficient (Wildman–Crippen LogP) is 2.44.